The molecule has 5 heteroatoms. The topological polar surface area (TPSA) is 41.9 Å². The van der Waals surface area contributed by atoms with Gasteiger partial charge in [-0.25, -0.2) is 4.99 Å². The van der Waals surface area contributed by atoms with Gasteiger partial charge in [-0.15, -0.1) is 0 Å². The first kappa shape index (κ1) is 23.6. The van der Waals surface area contributed by atoms with Crippen LogP contribution in [0.4, 0.5) is 5.69 Å². The molecule has 1 amide bonds. The first-order valence-electron chi connectivity index (χ1n) is 11.8. The van der Waals surface area contributed by atoms with Gasteiger partial charge in [-0.1, -0.05) is 90.5 Å². The van der Waals surface area contributed by atoms with E-state index in [1.165, 1.54) is 17.3 Å². The number of thioether (sulfide) groups is 1. The van der Waals surface area contributed by atoms with Crippen molar-refractivity contribution in [3.8, 4) is 5.75 Å². The van der Waals surface area contributed by atoms with Crippen LogP contribution in [-0.4, -0.2) is 16.0 Å². The number of para-hydroxylation sites is 1. The van der Waals surface area contributed by atoms with Gasteiger partial charge in [-0.05, 0) is 65.7 Å². The van der Waals surface area contributed by atoms with Crippen LogP contribution in [0.2, 0.25) is 0 Å². The molecule has 0 N–H and O–H groups in total. The molecule has 5 rings (SSSR count). The lowest BCUT2D eigenvalue weighted by molar-refractivity contribution is -0.122. The predicted molar refractivity (Wildman–Crippen MR) is 148 cm³/mol. The molecule has 0 bridgehead atoms. The van der Waals surface area contributed by atoms with Gasteiger partial charge in [0, 0.05) is 0 Å². The van der Waals surface area contributed by atoms with Gasteiger partial charge in [0.25, 0.3) is 5.91 Å². The second-order valence-electron chi connectivity index (χ2n) is 8.56. The van der Waals surface area contributed by atoms with Crippen molar-refractivity contribution < 1.29 is 9.53 Å². The van der Waals surface area contributed by atoms with E-state index in [1.807, 2.05) is 97.1 Å². The zero-order valence-electron chi connectivity index (χ0n) is 20.0. The second kappa shape index (κ2) is 11.1. The maximum Gasteiger partial charge on any atom is 0.267 e. The summed E-state index contributed by atoms with van der Waals surface area (Å²) >= 11 is 1.41. The highest BCUT2D eigenvalue weighted by Gasteiger charge is 2.33. The summed E-state index contributed by atoms with van der Waals surface area (Å²) in [5, 5.41) is 0.680. The molecule has 178 valence electrons. The minimum Gasteiger partial charge on any atom is -0.489 e. The number of carbonyl (C=O) groups excluding carboxylic acids is 1. The lowest BCUT2D eigenvalue weighted by Gasteiger charge is -2.15. The summed E-state index contributed by atoms with van der Waals surface area (Å²) in [5.41, 5.74) is 5.17. The fourth-order valence-electron chi connectivity index (χ4n) is 3.89. The van der Waals surface area contributed by atoms with Crippen LogP contribution < -0.4 is 4.74 Å². The number of rotatable bonds is 7. The molecule has 4 aromatic rings. The standard InChI is InChI=1S/C31H26N2O2S/c1-23-9-8-12-26(19-23)22-35-28-17-15-24(16-18-28)20-29-30(34)33(21-25-10-4-2-5-11-25)31(36-29)32-27-13-6-3-7-14-27/h2-20H,21-22H2,1H3/b29-20+,32-31?. The smallest absolute Gasteiger partial charge is 0.267 e. The van der Waals surface area contributed by atoms with Crippen LogP contribution in [-0.2, 0) is 17.9 Å². The van der Waals surface area contributed by atoms with Crippen molar-refractivity contribution >= 4 is 34.6 Å². The van der Waals surface area contributed by atoms with Gasteiger partial charge in [0.1, 0.15) is 12.4 Å². The average molecular weight is 491 g/mol. The number of benzene rings is 4. The highest BCUT2D eigenvalue weighted by atomic mass is 32.2. The monoisotopic (exact) mass is 490 g/mol. The SMILES string of the molecule is Cc1cccc(COc2ccc(/C=C3/SC(=Nc4ccccc4)N(Cc4ccccc4)C3=O)cc2)c1. The molecule has 4 aromatic carbocycles. The van der Waals surface area contributed by atoms with E-state index >= 15 is 0 Å². The minimum absolute atomic E-state index is 0.0432. The Balaban J connectivity index is 1.34. The highest BCUT2D eigenvalue weighted by Crippen LogP contribution is 2.35. The zero-order valence-corrected chi connectivity index (χ0v) is 20.8. The molecule has 1 saturated heterocycles. The number of amidine groups is 1. The average Bonchev–Trinajstić information content (AvgIpc) is 3.18. The molecule has 0 atom stereocenters. The predicted octanol–water partition coefficient (Wildman–Crippen LogP) is 7.38. The molecular formula is C31H26N2O2S. The number of hydrogen-bond donors (Lipinski definition) is 0. The molecule has 36 heavy (non-hydrogen) atoms. The van der Waals surface area contributed by atoms with Gasteiger partial charge in [0.05, 0.1) is 17.1 Å². The lowest BCUT2D eigenvalue weighted by atomic mass is 10.1. The van der Waals surface area contributed by atoms with Crippen molar-refractivity contribution in [3.05, 3.63) is 136 Å². The van der Waals surface area contributed by atoms with Gasteiger partial charge in [-0.2, -0.15) is 0 Å². The second-order valence-corrected chi connectivity index (χ2v) is 9.57. The summed E-state index contributed by atoms with van der Waals surface area (Å²) in [4.78, 5) is 20.6. The molecule has 0 aromatic heterocycles. The van der Waals surface area contributed by atoms with E-state index < -0.39 is 0 Å². The summed E-state index contributed by atoms with van der Waals surface area (Å²) in [7, 11) is 0. The fraction of sp³-hybridized carbons (Fsp3) is 0.0968. The summed E-state index contributed by atoms with van der Waals surface area (Å²) in [5.74, 6) is 0.749. The van der Waals surface area contributed by atoms with Crippen molar-refractivity contribution in [2.45, 2.75) is 20.1 Å². The summed E-state index contributed by atoms with van der Waals surface area (Å²) in [6, 6.07) is 35.8. The van der Waals surface area contributed by atoms with E-state index in [0.29, 0.717) is 23.2 Å². The Morgan fingerprint density at radius 2 is 1.53 bits per heavy atom. The third-order valence-corrected chi connectivity index (χ3v) is 6.73. The van der Waals surface area contributed by atoms with E-state index in [4.69, 9.17) is 9.73 Å². The molecule has 0 spiro atoms. The fourth-order valence-corrected chi connectivity index (χ4v) is 4.89. The molecule has 1 aliphatic rings. The van der Waals surface area contributed by atoms with Crippen LogP contribution in [0.5, 0.6) is 5.75 Å². The normalized spacial score (nSPS) is 15.6. The van der Waals surface area contributed by atoms with E-state index in [1.54, 1.807) is 4.90 Å². The third kappa shape index (κ3) is 5.93. The minimum atomic E-state index is -0.0432. The quantitative estimate of drug-likeness (QED) is 0.254. The molecule has 0 unspecified atom stereocenters. The van der Waals surface area contributed by atoms with Gasteiger partial charge in [0.2, 0.25) is 0 Å². The molecule has 1 fully saturated rings. The molecular weight excluding hydrogens is 464 g/mol. The van der Waals surface area contributed by atoms with Crippen LogP contribution >= 0.6 is 11.8 Å². The maximum absolute atomic E-state index is 13.4. The van der Waals surface area contributed by atoms with Crippen molar-refractivity contribution in [1.29, 1.82) is 0 Å². The summed E-state index contributed by atoms with van der Waals surface area (Å²) in [6.07, 6.45) is 1.92. The number of hydrogen-bond acceptors (Lipinski definition) is 4. The first-order valence-corrected chi connectivity index (χ1v) is 12.6. The van der Waals surface area contributed by atoms with Gasteiger partial charge in [-0.3, -0.25) is 9.69 Å². The van der Waals surface area contributed by atoms with Crippen LogP contribution in [0.25, 0.3) is 6.08 Å². The summed E-state index contributed by atoms with van der Waals surface area (Å²) < 4.78 is 5.94. The van der Waals surface area contributed by atoms with Crippen molar-refractivity contribution in [2.24, 2.45) is 4.99 Å². The van der Waals surface area contributed by atoms with E-state index in [9.17, 15) is 4.79 Å². The van der Waals surface area contributed by atoms with Crippen molar-refractivity contribution in [1.82, 2.24) is 4.90 Å². The van der Waals surface area contributed by atoms with Gasteiger partial charge >= 0.3 is 0 Å². The molecule has 1 heterocycles. The number of ether oxygens (including phenoxy) is 1. The van der Waals surface area contributed by atoms with E-state index in [0.717, 1.165) is 28.1 Å². The largest absolute Gasteiger partial charge is 0.489 e. The summed E-state index contributed by atoms with van der Waals surface area (Å²) in [6.45, 7) is 3.07. The Bertz CT molecular complexity index is 1400. The lowest BCUT2D eigenvalue weighted by Crippen LogP contribution is -2.28. The first-order chi connectivity index (χ1) is 17.6. The Hall–Kier alpha value is -4.09. The maximum atomic E-state index is 13.4. The number of aryl methyl sites for hydroxylation is 1. The molecule has 4 nitrogen and oxygen atoms in total. The van der Waals surface area contributed by atoms with Gasteiger partial charge < -0.3 is 4.74 Å². The number of aliphatic imine (C=N–C) groups is 1. The number of nitrogens with zero attached hydrogens (tertiary/aromatic N) is 2. The van der Waals surface area contributed by atoms with Crippen molar-refractivity contribution in [3.63, 3.8) is 0 Å². The Morgan fingerprint density at radius 1 is 0.833 bits per heavy atom. The Labute approximate surface area is 216 Å². The van der Waals surface area contributed by atoms with Crippen LogP contribution in [0.1, 0.15) is 22.3 Å². The highest BCUT2D eigenvalue weighted by molar-refractivity contribution is 8.18. The van der Waals surface area contributed by atoms with Crippen molar-refractivity contribution in [2.75, 3.05) is 0 Å². The molecule has 0 aliphatic carbocycles. The van der Waals surface area contributed by atoms with Crippen LogP contribution in [0, 0.1) is 6.92 Å². The third-order valence-electron chi connectivity index (χ3n) is 5.72. The van der Waals surface area contributed by atoms with Crippen LogP contribution in [0.3, 0.4) is 0 Å². The molecule has 1 aliphatic heterocycles. The Kier molecular flexibility index (Phi) is 7.29. The molecule has 0 radical (unpaired) electrons. The zero-order chi connectivity index (χ0) is 24.7. The number of amides is 1. The van der Waals surface area contributed by atoms with Crippen LogP contribution in [0.15, 0.2) is 119 Å². The van der Waals surface area contributed by atoms with E-state index in [2.05, 4.69) is 25.1 Å². The van der Waals surface area contributed by atoms with E-state index in [-0.39, 0.29) is 5.91 Å². The van der Waals surface area contributed by atoms with Gasteiger partial charge in [0.15, 0.2) is 5.17 Å². The molecule has 0 saturated carbocycles. The Morgan fingerprint density at radius 3 is 2.25 bits per heavy atom. The number of carbonyl (C=O) groups is 1.